The Balaban J connectivity index is 1.64. The van der Waals surface area contributed by atoms with Gasteiger partial charge in [-0.25, -0.2) is 4.98 Å². The molecule has 2 aromatic heterocycles. The minimum atomic E-state index is 0.110. The highest BCUT2D eigenvalue weighted by Crippen LogP contribution is 2.21. The molecule has 3 aromatic rings. The van der Waals surface area contributed by atoms with Crippen LogP contribution in [0.5, 0.6) is 0 Å². The number of thioether (sulfide) groups is 1. The third-order valence-electron chi connectivity index (χ3n) is 3.23. The van der Waals surface area contributed by atoms with Crippen molar-refractivity contribution in [2.45, 2.75) is 18.5 Å². The smallest absolute Gasteiger partial charge is 0.209 e. The Morgan fingerprint density at radius 1 is 1.27 bits per heavy atom. The molecule has 0 aliphatic carbocycles. The zero-order valence-corrected chi connectivity index (χ0v) is 13.7. The van der Waals surface area contributed by atoms with Gasteiger partial charge in [-0.1, -0.05) is 49.0 Å². The molecular formula is C16H15N3OS2. The Kier molecular flexibility index (Phi) is 4.70. The van der Waals surface area contributed by atoms with Gasteiger partial charge < -0.3 is 0 Å². The molecule has 0 radical (unpaired) electrons. The van der Waals surface area contributed by atoms with E-state index in [1.54, 1.807) is 0 Å². The van der Waals surface area contributed by atoms with Gasteiger partial charge in [0.25, 0.3) is 0 Å². The van der Waals surface area contributed by atoms with Gasteiger partial charge in [-0.3, -0.25) is 9.89 Å². The summed E-state index contributed by atoms with van der Waals surface area (Å²) in [5.74, 6) is 1.19. The molecule has 0 bridgehead atoms. The van der Waals surface area contributed by atoms with Crippen LogP contribution in [0.25, 0.3) is 11.4 Å². The summed E-state index contributed by atoms with van der Waals surface area (Å²) >= 11 is 2.81. The zero-order chi connectivity index (χ0) is 15.4. The Hall–Kier alpha value is -1.92. The standard InChI is InChI=1S/C16H15N3OS2/c1-2-11-5-7-12(8-6-11)15-17-16(19-18-15)22-10-13(20)14-4-3-9-21-14/h3-9H,2,10H2,1H3,(H,17,18,19). The van der Waals surface area contributed by atoms with E-state index >= 15 is 0 Å². The molecule has 4 nitrogen and oxygen atoms in total. The molecule has 0 saturated heterocycles. The van der Waals surface area contributed by atoms with Crippen LogP contribution in [-0.4, -0.2) is 26.7 Å². The van der Waals surface area contributed by atoms with Gasteiger partial charge in [-0.15, -0.1) is 16.4 Å². The topological polar surface area (TPSA) is 58.6 Å². The number of aromatic amines is 1. The van der Waals surface area contributed by atoms with E-state index in [-0.39, 0.29) is 5.78 Å². The highest BCUT2D eigenvalue weighted by atomic mass is 32.2. The van der Waals surface area contributed by atoms with E-state index in [9.17, 15) is 4.79 Å². The van der Waals surface area contributed by atoms with Gasteiger partial charge in [0.15, 0.2) is 11.6 Å². The summed E-state index contributed by atoms with van der Waals surface area (Å²) < 4.78 is 0. The van der Waals surface area contributed by atoms with Crippen molar-refractivity contribution in [3.05, 3.63) is 52.2 Å². The number of carbonyl (C=O) groups excluding carboxylic acids is 1. The second-order valence-electron chi connectivity index (χ2n) is 4.71. The van der Waals surface area contributed by atoms with Gasteiger partial charge in [0, 0.05) is 5.56 Å². The molecule has 0 unspecified atom stereocenters. The van der Waals surface area contributed by atoms with Gasteiger partial charge in [0.05, 0.1) is 10.6 Å². The average molecular weight is 329 g/mol. The SMILES string of the molecule is CCc1ccc(-c2nc(SCC(=O)c3cccs3)n[nH]2)cc1. The number of rotatable bonds is 6. The number of aryl methyl sites for hydroxylation is 1. The number of Topliss-reactive ketones (excluding diaryl/α,β-unsaturated/α-hetero) is 1. The lowest BCUT2D eigenvalue weighted by molar-refractivity contribution is 0.102. The maximum Gasteiger partial charge on any atom is 0.209 e. The van der Waals surface area contributed by atoms with Crippen LogP contribution in [0.2, 0.25) is 0 Å². The number of thiophene rings is 1. The fourth-order valence-electron chi connectivity index (χ4n) is 1.98. The number of aromatic nitrogens is 3. The number of hydrogen-bond acceptors (Lipinski definition) is 5. The summed E-state index contributed by atoms with van der Waals surface area (Å²) in [6.45, 7) is 2.13. The molecule has 0 fully saturated rings. The number of benzene rings is 1. The van der Waals surface area contributed by atoms with Crippen LogP contribution in [0.1, 0.15) is 22.2 Å². The molecule has 112 valence electrons. The number of nitrogens with zero attached hydrogens (tertiary/aromatic N) is 2. The largest absolute Gasteiger partial charge is 0.292 e. The minimum Gasteiger partial charge on any atom is -0.292 e. The van der Waals surface area contributed by atoms with E-state index in [0.717, 1.165) is 22.7 Å². The molecule has 0 aliphatic heterocycles. The first-order valence-electron chi connectivity index (χ1n) is 6.97. The van der Waals surface area contributed by atoms with Crippen molar-refractivity contribution >= 4 is 28.9 Å². The van der Waals surface area contributed by atoms with E-state index in [1.807, 2.05) is 29.6 Å². The van der Waals surface area contributed by atoms with Crippen molar-refractivity contribution in [3.8, 4) is 11.4 Å². The molecule has 0 atom stereocenters. The van der Waals surface area contributed by atoms with Crippen molar-refractivity contribution in [1.29, 1.82) is 0 Å². The summed E-state index contributed by atoms with van der Waals surface area (Å²) in [5, 5.41) is 9.60. The molecule has 3 rings (SSSR count). The molecule has 2 heterocycles. The van der Waals surface area contributed by atoms with Gasteiger partial charge in [-0.2, -0.15) is 0 Å². The van der Waals surface area contributed by atoms with E-state index in [2.05, 4.69) is 34.2 Å². The molecule has 0 spiro atoms. The normalized spacial score (nSPS) is 10.8. The van der Waals surface area contributed by atoms with Crippen LogP contribution in [0.15, 0.2) is 46.9 Å². The second kappa shape index (κ2) is 6.89. The summed E-state index contributed by atoms with van der Waals surface area (Å²) in [5.41, 5.74) is 2.29. The predicted octanol–water partition coefficient (Wildman–Crippen LogP) is 4.07. The maximum absolute atomic E-state index is 12.0. The third-order valence-corrected chi connectivity index (χ3v) is 4.99. The molecule has 6 heteroatoms. The molecule has 0 aliphatic rings. The molecule has 1 N–H and O–H groups in total. The number of carbonyl (C=O) groups is 1. The van der Waals surface area contributed by atoms with Gasteiger partial charge in [0.1, 0.15) is 0 Å². The minimum absolute atomic E-state index is 0.110. The molecule has 22 heavy (non-hydrogen) atoms. The van der Waals surface area contributed by atoms with Crippen LogP contribution in [-0.2, 0) is 6.42 Å². The van der Waals surface area contributed by atoms with Crippen LogP contribution in [0.3, 0.4) is 0 Å². The van der Waals surface area contributed by atoms with E-state index < -0.39 is 0 Å². The molecular weight excluding hydrogens is 314 g/mol. The summed E-state index contributed by atoms with van der Waals surface area (Å²) in [4.78, 5) is 17.2. The van der Waals surface area contributed by atoms with Crippen molar-refractivity contribution in [2.24, 2.45) is 0 Å². The Morgan fingerprint density at radius 3 is 2.77 bits per heavy atom. The fourth-order valence-corrected chi connectivity index (χ4v) is 3.41. The Labute approximate surface area is 137 Å². The Bertz CT molecular complexity index is 748. The lowest BCUT2D eigenvalue weighted by Crippen LogP contribution is -1.99. The van der Waals surface area contributed by atoms with E-state index in [1.165, 1.54) is 28.7 Å². The van der Waals surface area contributed by atoms with Crippen molar-refractivity contribution < 1.29 is 4.79 Å². The summed E-state index contributed by atoms with van der Waals surface area (Å²) in [6, 6.07) is 12.0. The second-order valence-corrected chi connectivity index (χ2v) is 6.60. The van der Waals surface area contributed by atoms with Gasteiger partial charge >= 0.3 is 0 Å². The summed E-state index contributed by atoms with van der Waals surface area (Å²) in [7, 11) is 0. The number of nitrogens with one attached hydrogen (secondary N) is 1. The first-order chi connectivity index (χ1) is 10.8. The van der Waals surface area contributed by atoms with Crippen LogP contribution in [0.4, 0.5) is 0 Å². The van der Waals surface area contributed by atoms with E-state index in [4.69, 9.17) is 0 Å². The Morgan fingerprint density at radius 2 is 2.09 bits per heavy atom. The lowest BCUT2D eigenvalue weighted by atomic mass is 10.1. The molecule has 0 amide bonds. The first-order valence-corrected chi connectivity index (χ1v) is 8.84. The molecule has 1 aromatic carbocycles. The third kappa shape index (κ3) is 3.45. The quantitative estimate of drug-likeness (QED) is 0.547. The van der Waals surface area contributed by atoms with E-state index in [0.29, 0.717) is 10.9 Å². The maximum atomic E-state index is 12.0. The highest BCUT2D eigenvalue weighted by Gasteiger charge is 2.11. The molecule has 0 saturated carbocycles. The summed E-state index contributed by atoms with van der Waals surface area (Å²) in [6.07, 6.45) is 1.02. The highest BCUT2D eigenvalue weighted by molar-refractivity contribution is 7.99. The lowest BCUT2D eigenvalue weighted by Gasteiger charge is -1.98. The monoisotopic (exact) mass is 329 g/mol. The van der Waals surface area contributed by atoms with Crippen LogP contribution >= 0.6 is 23.1 Å². The zero-order valence-electron chi connectivity index (χ0n) is 12.1. The van der Waals surface area contributed by atoms with Crippen molar-refractivity contribution in [2.75, 3.05) is 5.75 Å². The fraction of sp³-hybridized carbons (Fsp3) is 0.188. The number of ketones is 1. The van der Waals surface area contributed by atoms with Gasteiger partial charge in [-0.05, 0) is 23.4 Å². The van der Waals surface area contributed by atoms with Gasteiger partial charge in [0.2, 0.25) is 5.16 Å². The van der Waals surface area contributed by atoms with Crippen LogP contribution in [0, 0.1) is 0 Å². The average Bonchev–Trinajstić information content (AvgIpc) is 3.24. The van der Waals surface area contributed by atoms with Crippen molar-refractivity contribution in [1.82, 2.24) is 15.2 Å². The number of hydrogen-bond donors (Lipinski definition) is 1. The predicted molar refractivity (Wildman–Crippen MR) is 90.6 cm³/mol. The first kappa shape index (κ1) is 15.0. The number of H-pyrrole nitrogens is 1. The van der Waals surface area contributed by atoms with Crippen molar-refractivity contribution in [3.63, 3.8) is 0 Å². The van der Waals surface area contributed by atoms with Crippen LogP contribution < -0.4 is 0 Å².